The van der Waals surface area contributed by atoms with E-state index < -0.39 is 0 Å². The Morgan fingerprint density at radius 2 is 1.62 bits per heavy atom. The molecule has 1 aliphatic rings. The van der Waals surface area contributed by atoms with Gasteiger partial charge in [-0.1, -0.05) is 57.6 Å². The highest BCUT2D eigenvalue weighted by Crippen LogP contribution is 2.27. The fraction of sp³-hybridized carbons (Fsp3) is 0.684. The molecule has 1 aliphatic heterocycles. The normalized spacial score (nSPS) is 20.5. The van der Waals surface area contributed by atoms with Gasteiger partial charge in [-0.2, -0.15) is 0 Å². The Morgan fingerprint density at radius 3 is 2.24 bits per heavy atom. The van der Waals surface area contributed by atoms with E-state index in [1.54, 1.807) is 0 Å². The Bertz CT molecular complexity index is 393. The summed E-state index contributed by atoms with van der Waals surface area (Å²) in [5.74, 6) is 0.954. The van der Waals surface area contributed by atoms with Gasteiger partial charge in [0.05, 0.1) is 6.61 Å². The molecule has 2 heteroatoms. The average molecular weight is 290 g/mol. The molecule has 0 bridgehead atoms. The molecule has 118 valence electrons. The zero-order chi connectivity index (χ0) is 15.0. The Labute approximate surface area is 129 Å². The quantitative estimate of drug-likeness (QED) is 0.415. The van der Waals surface area contributed by atoms with E-state index in [1.165, 1.54) is 56.9 Å². The van der Waals surface area contributed by atoms with Gasteiger partial charge in [0, 0.05) is 0 Å². The molecule has 1 heterocycles. The predicted molar refractivity (Wildman–Crippen MR) is 88.0 cm³/mol. The summed E-state index contributed by atoms with van der Waals surface area (Å²) in [6.07, 6.45) is 10.8. The van der Waals surface area contributed by atoms with Gasteiger partial charge in [0.2, 0.25) is 0 Å². The fourth-order valence-corrected chi connectivity index (χ4v) is 2.48. The zero-order valence-electron chi connectivity index (χ0n) is 13.7. The Balaban J connectivity index is 1.56. The van der Waals surface area contributed by atoms with Crippen molar-refractivity contribution in [3.8, 4) is 5.75 Å². The zero-order valence-corrected chi connectivity index (χ0v) is 13.7. The van der Waals surface area contributed by atoms with Gasteiger partial charge in [0.25, 0.3) is 0 Å². The summed E-state index contributed by atoms with van der Waals surface area (Å²) in [5, 5.41) is 0. The predicted octanol–water partition coefficient (Wildman–Crippen LogP) is 5.15. The number of unbranched alkanes of at least 4 members (excludes halogenated alkanes) is 6. The summed E-state index contributed by atoms with van der Waals surface area (Å²) < 4.78 is 11.1. The van der Waals surface area contributed by atoms with Crippen LogP contribution in [0.3, 0.4) is 0 Å². The maximum Gasteiger partial charge on any atom is 0.123 e. The molecule has 21 heavy (non-hydrogen) atoms. The van der Waals surface area contributed by atoms with Crippen molar-refractivity contribution in [1.82, 2.24) is 0 Å². The molecule has 2 nitrogen and oxygen atoms in total. The summed E-state index contributed by atoms with van der Waals surface area (Å²) in [4.78, 5) is 0. The molecule has 0 aliphatic carbocycles. The standard InChI is InChI=1S/C19H30O2/c1-3-4-5-6-7-8-9-10-17-11-13-18(14-12-17)20-15-19(2)16-21-19/h11-14H,3-10,15-16H2,1-2H3. The minimum absolute atomic E-state index is 0.0313. The van der Waals surface area contributed by atoms with E-state index in [1.807, 2.05) is 0 Å². The molecule has 0 amide bonds. The van der Waals surface area contributed by atoms with E-state index in [0.717, 1.165) is 12.4 Å². The van der Waals surface area contributed by atoms with Crippen LogP contribution >= 0.6 is 0 Å². The number of aryl methyl sites for hydroxylation is 1. The summed E-state index contributed by atoms with van der Waals surface area (Å²) in [6.45, 7) is 5.83. The molecule has 1 fully saturated rings. The highest BCUT2D eigenvalue weighted by atomic mass is 16.6. The number of ether oxygens (including phenoxy) is 2. The minimum atomic E-state index is -0.0313. The minimum Gasteiger partial charge on any atom is -0.491 e. The first-order valence-electron chi connectivity index (χ1n) is 8.57. The molecular weight excluding hydrogens is 260 g/mol. The topological polar surface area (TPSA) is 21.8 Å². The van der Waals surface area contributed by atoms with Crippen molar-refractivity contribution < 1.29 is 9.47 Å². The van der Waals surface area contributed by atoms with Crippen molar-refractivity contribution in [2.24, 2.45) is 0 Å². The van der Waals surface area contributed by atoms with Crippen LogP contribution in [0.1, 0.15) is 64.4 Å². The largest absolute Gasteiger partial charge is 0.491 e. The molecule has 0 saturated carbocycles. The molecule has 2 rings (SSSR count). The second kappa shape index (κ2) is 8.43. The van der Waals surface area contributed by atoms with Crippen LogP contribution in [-0.2, 0) is 11.2 Å². The van der Waals surface area contributed by atoms with Crippen LogP contribution in [0.2, 0.25) is 0 Å². The molecule has 0 aromatic heterocycles. The van der Waals surface area contributed by atoms with Crippen molar-refractivity contribution >= 4 is 0 Å². The Morgan fingerprint density at radius 1 is 1.00 bits per heavy atom. The van der Waals surface area contributed by atoms with Crippen LogP contribution in [0.5, 0.6) is 5.75 Å². The lowest BCUT2D eigenvalue weighted by molar-refractivity contribution is 0.202. The molecule has 1 atom stereocenters. The van der Waals surface area contributed by atoms with Crippen LogP contribution < -0.4 is 4.74 Å². The van der Waals surface area contributed by atoms with Crippen molar-refractivity contribution in [1.29, 1.82) is 0 Å². The van der Waals surface area contributed by atoms with Gasteiger partial charge in [-0.15, -0.1) is 0 Å². The first kappa shape index (κ1) is 16.4. The number of benzene rings is 1. The summed E-state index contributed by atoms with van der Waals surface area (Å²) >= 11 is 0. The lowest BCUT2D eigenvalue weighted by atomic mass is 10.0. The van der Waals surface area contributed by atoms with Crippen molar-refractivity contribution in [3.63, 3.8) is 0 Å². The highest BCUT2D eigenvalue weighted by molar-refractivity contribution is 5.27. The third-order valence-corrected chi connectivity index (χ3v) is 4.17. The molecule has 0 N–H and O–H groups in total. The van der Waals surface area contributed by atoms with Gasteiger partial charge in [-0.3, -0.25) is 0 Å². The van der Waals surface area contributed by atoms with Crippen molar-refractivity contribution in [3.05, 3.63) is 29.8 Å². The van der Waals surface area contributed by atoms with Gasteiger partial charge in [-0.25, -0.2) is 0 Å². The second-order valence-corrected chi connectivity index (χ2v) is 6.54. The Kier molecular flexibility index (Phi) is 6.56. The summed E-state index contributed by atoms with van der Waals surface area (Å²) in [6, 6.07) is 8.57. The van der Waals surface area contributed by atoms with Crippen LogP contribution in [0.4, 0.5) is 0 Å². The van der Waals surface area contributed by atoms with Gasteiger partial charge in [0.1, 0.15) is 18.0 Å². The van der Waals surface area contributed by atoms with Crippen molar-refractivity contribution in [2.75, 3.05) is 13.2 Å². The fourth-order valence-electron chi connectivity index (χ4n) is 2.48. The van der Waals surface area contributed by atoms with Crippen LogP contribution in [0.25, 0.3) is 0 Å². The maximum absolute atomic E-state index is 5.74. The SMILES string of the molecule is CCCCCCCCCc1ccc(OCC2(C)CO2)cc1. The van der Waals surface area contributed by atoms with Gasteiger partial charge in [0.15, 0.2) is 0 Å². The van der Waals surface area contributed by atoms with Crippen LogP contribution in [0.15, 0.2) is 24.3 Å². The lowest BCUT2D eigenvalue weighted by Gasteiger charge is -2.09. The molecule has 1 saturated heterocycles. The van der Waals surface area contributed by atoms with Gasteiger partial charge < -0.3 is 9.47 Å². The number of rotatable bonds is 11. The molecular formula is C19H30O2. The number of hydrogen-bond donors (Lipinski definition) is 0. The van der Waals surface area contributed by atoms with E-state index in [9.17, 15) is 0 Å². The third kappa shape index (κ3) is 6.52. The summed E-state index contributed by atoms with van der Waals surface area (Å²) in [7, 11) is 0. The average Bonchev–Trinajstić information content (AvgIpc) is 3.24. The van der Waals surface area contributed by atoms with Crippen molar-refractivity contribution in [2.45, 2.75) is 70.8 Å². The number of hydrogen-bond acceptors (Lipinski definition) is 2. The van der Waals surface area contributed by atoms with Gasteiger partial charge in [-0.05, 0) is 37.5 Å². The monoisotopic (exact) mass is 290 g/mol. The smallest absolute Gasteiger partial charge is 0.123 e. The highest BCUT2D eigenvalue weighted by Gasteiger charge is 2.40. The molecule has 0 spiro atoms. The van der Waals surface area contributed by atoms with E-state index in [-0.39, 0.29) is 5.60 Å². The van der Waals surface area contributed by atoms with E-state index >= 15 is 0 Å². The first-order chi connectivity index (χ1) is 10.2. The molecule has 1 aromatic carbocycles. The first-order valence-corrected chi connectivity index (χ1v) is 8.57. The Hall–Kier alpha value is -1.02. The van der Waals surface area contributed by atoms with Crippen LogP contribution in [-0.4, -0.2) is 18.8 Å². The maximum atomic E-state index is 5.74. The van der Waals surface area contributed by atoms with Gasteiger partial charge >= 0.3 is 0 Å². The van der Waals surface area contributed by atoms with E-state index in [4.69, 9.17) is 9.47 Å². The lowest BCUT2D eigenvalue weighted by Crippen LogP contribution is -2.16. The second-order valence-electron chi connectivity index (χ2n) is 6.54. The molecule has 0 radical (unpaired) electrons. The van der Waals surface area contributed by atoms with E-state index in [0.29, 0.717) is 6.61 Å². The number of epoxide rings is 1. The summed E-state index contributed by atoms with van der Waals surface area (Å²) in [5.41, 5.74) is 1.39. The molecule has 1 aromatic rings. The van der Waals surface area contributed by atoms with E-state index in [2.05, 4.69) is 38.1 Å². The van der Waals surface area contributed by atoms with Crippen LogP contribution in [0, 0.1) is 0 Å². The third-order valence-electron chi connectivity index (χ3n) is 4.17. The molecule has 1 unspecified atom stereocenters.